The third kappa shape index (κ3) is 2.21. The summed E-state index contributed by atoms with van der Waals surface area (Å²) in [6.45, 7) is 0. The second kappa shape index (κ2) is 4.70. The zero-order valence-corrected chi connectivity index (χ0v) is 9.41. The van der Waals surface area contributed by atoms with Gasteiger partial charge in [0.2, 0.25) is 0 Å². The van der Waals surface area contributed by atoms with Gasteiger partial charge in [-0.05, 0) is 43.2 Å². The largest absolute Gasteiger partial charge is 0.316 e. The van der Waals surface area contributed by atoms with E-state index < -0.39 is 0 Å². The molecule has 1 aliphatic heterocycles. The average molecular weight is 199 g/mol. The Morgan fingerprint density at radius 3 is 2.23 bits per heavy atom. The van der Waals surface area contributed by atoms with Crippen LogP contribution in [0.5, 0.6) is 0 Å². The zero-order valence-electron chi connectivity index (χ0n) is 8.59. The Morgan fingerprint density at radius 2 is 1.77 bits per heavy atom. The summed E-state index contributed by atoms with van der Waals surface area (Å²) >= 11 is 2.11. The molecular weight excluding hydrogens is 178 g/mol. The summed E-state index contributed by atoms with van der Waals surface area (Å²) in [6, 6.07) is 0.835. The first-order valence-electron chi connectivity index (χ1n) is 5.67. The first-order valence-corrected chi connectivity index (χ1v) is 6.82. The number of thioether (sulfide) groups is 1. The van der Waals surface area contributed by atoms with Crippen molar-refractivity contribution < 1.29 is 0 Å². The Morgan fingerprint density at radius 1 is 1.08 bits per heavy atom. The van der Waals surface area contributed by atoms with Gasteiger partial charge in [-0.1, -0.05) is 19.3 Å². The zero-order chi connectivity index (χ0) is 9.10. The molecule has 1 atom stereocenters. The van der Waals surface area contributed by atoms with Crippen LogP contribution in [0.4, 0.5) is 0 Å². The summed E-state index contributed by atoms with van der Waals surface area (Å²) in [5.74, 6) is 4.78. The molecule has 1 saturated heterocycles. The van der Waals surface area contributed by atoms with Crippen molar-refractivity contribution in [3.63, 3.8) is 0 Å². The van der Waals surface area contributed by atoms with E-state index in [4.69, 9.17) is 0 Å². The molecular formula is C11H21NS. The third-order valence-corrected chi connectivity index (χ3v) is 4.99. The summed E-state index contributed by atoms with van der Waals surface area (Å²) in [6.07, 6.45) is 7.39. The lowest BCUT2D eigenvalue weighted by molar-refractivity contribution is 0.232. The summed E-state index contributed by atoms with van der Waals surface area (Å²) in [4.78, 5) is 0. The normalized spacial score (nSPS) is 28.4. The fourth-order valence-corrected chi connectivity index (χ4v) is 3.73. The van der Waals surface area contributed by atoms with Crippen LogP contribution in [-0.2, 0) is 0 Å². The van der Waals surface area contributed by atoms with Gasteiger partial charge in [-0.3, -0.25) is 0 Å². The summed E-state index contributed by atoms with van der Waals surface area (Å²) < 4.78 is 0. The van der Waals surface area contributed by atoms with E-state index >= 15 is 0 Å². The predicted molar refractivity (Wildman–Crippen MR) is 60.2 cm³/mol. The Labute approximate surface area is 86.0 Å². The molecule has 2 fully saturated rings. The smallest absolute Gasteiger partial charge is 0.0136 e. The van der Waals surface area contributed by atoms with Crippen molar-refractivity contribution in [1.82, 2.24) is 5.32 Å². The lowest BCUT2D eigenvalue weighted by atomic mass is 9.79. The molecule has 76 valence electrons. The van der Waals surface area contributed by atoms with Gasteiger partial charge in [-0.25, -0.2) is 0 Å². The van der Waals surface area contributed by atoms with Crippen LogP contribution in [0.3, 0.4) is 0 Å². The molecule has 0 aromatic heterocycles. The highest BCUT2D eigenvalue weighted by atomic mass is 32.2. The van der Waals surface area contributed by atoms with Crippen molar-refractivity contribution in [1.29, 1.82) is 0 Å². The lowest BCUT2D eigenvalue weighted by Crippen LogP contribution is -2.46. The van der Waals surface area contributed by atoms with Crippen LogP contribution in [0.25, 0.3) is 0 Å². The Balaban J connectivity index is 1.86. The molecule has 2 rings (SSSR count). The highest BCUT2D eigenvalue weighted by Crippen LogP contribution is 2.36. The van der Waals surface area contributed by atoms with Crippen molar-refractivity contribution in [2.75, 3.05) is 18.6 Å². The molecule has 0 spiro atoms. The fraction of sp³-hybridized carbons (Fsp3) is 1.00. The van der Waals surface area contributed by atoms with Gasteiger partial charge < -0.3 is 5.32 Å². The third-order valence-electron chi connectivity index (χ3n) is 3.66. The van der Waals surface area contributed by atoms with E-state index in [2.05, 4.69) is 24.1 Å². The molecule has 1 saturated carbocycles. The van der Waals surface area contributed by atoms with Gasteiger partial charge in [-0.2, -0.15) is 11.8 Å². The van der Waals surface area contributed by atoms with E-state index in [9.17, 15) is 0 Å². The molecule has 1 unspecified atom stereocenters. The van der Waals surface area contributed by atoms with Crippen molar-refractivity contribution in [3.05, 3.63) is 0 Å². The number of hydrogen-bond donors (Lipinski definition) is 1. The maximum Gasteiger partial charge on any atom is 0.0136 e. The van der Waals surface area contributed by atoms with E-state index in [1.165, 1.54) is 43.6 Å². The Bertz CT molecular complexity index is 150. The van der Waals surface area contributed by atoms with E-state index in [1.807, 2.05) is 0 Å². The topological polar surface area (TPSA) is 12.0 Å². The molecule has 13 heavy (non-hydrogen) atoms. The summed E-state index contributed by atoms with van der Waals surface area (Å²) in [5, 5.41) is 3.56. The average Bonchev–Trinajstić information content (AvgIpc) is 2.12. The molecule has 0 aromatic rings. The Kier molecular flexibility index (Phi) is 3.56. The minimum atomic E-state index is 0.835. The molecule has 1 N–H and O–H groups in total. The molecule has 0 aromatic carbocycles. The Hall–Kier alpha value is 0.310. The van der Waals surface area contributed by atoms with Crippen molar-refractivity contribution in [3.8, 4) is 0 Å². The van der Waals surface area contributed by atoms with Gasteiger partial charge >= 0.3 is 0 Å². The molecule has 1 aliphatic carbocycles. The summed E-state index contributed by atoms with van der Waals surface area (Å²) in [7, 11) is 2.16. The van der Waals surface area contributed by atoms with Crippen LogP contribution in [0, 0.1) is 11.8 Å². The molecule has 1 heterocycles. The van der Waals surface area contributed by atoms with Crippen LogP contribution < -0.4 is 5.32 Å². The van der Waals surface area contributed by atoms with Gasteiger partial charge in [0, 0.05) is 6.04 Å². The van der Waals surface area contributed by atoms with Crippen molar-refractivity contribution in [2.45, 2.75) is 38.1 Å². The lowest BCUT2D eigenvalue weighted by Gasteiger charge is -2.39. The van der Waals surface area contributed by atoms with Crippen molar-refractivity contribution >= 4 is 11.8 Å². The maximum absolute atomic E-state index is 3.56. The molecule has 0 radical (unpaired) electrons. The second-order valence-corrected chi connectivity index (χ2v) is 5.59. The van der Waals surface area contributed by atoms with Gasteiger partial charge in [0.1, 0.15) is 0 Å². The van der Waals surface area contributed by atoms with Crippen LogP contribution in [0.1, 0.15) is 32.1 Å². The quantitative estimate of drug-likeness (QED) is 0.749. The maximum atomic E-state index is 3.56. The first kappa shape index (κ1) is 9.85. The van der Waals surface area contributed by atoms with Gasteiger partial charge in [-0.15, -0.1) is 0 Å². The van der Waals surface area contributed by atoms with E-state index in [0.29, 0.717) is 0 Å². The molecule has 1 nitrogen and oxygen atoms in total. The van der Waals surface area contributed by atoms with E-state index in [-0.39, 0.29) is 0 Å². The van der Waals surface area contributed by atoms with Crippen molar-refractivity contribution in [2.24, 2.45) is 11.8 Å². The van der Waals surface area contributed by atoms with Crippen LogP contribution in [0.2, 0.25) is 0 Å². The molecule has 2 heteroatoms. The number of hydrogen-bond acceptors (Lipinski definition) is 2. The van der Waals surface area contributed by atoms with Crippen LogP contribution >= 0.6 is 11.8 Å². The van der Waals surface area contributed by atoms with Gasteiger partial charge in [0.15, 0.2) is 0 Å². The molecule has 0 bridgehead atoms. The highest BCUT2D eigenvalue weighted by molar-refractivity contribution is 8.00. The summed E-state index contributed by atoms with van der Waals surface area (Å²) in [5.41, 5.74) is 0. The first-order chi connectivity index (χ1) is 6.42. The monoisotopic (exact) mass is 199 g/mol. The van der Waals surface area contributed by atoms with E-state index in [0.717, 1.165) is 17.9 Å². The van der Waals surface area contributed by atoms with Crippen LogP contribution in [0.15, 0.2) is 0 Å². The standard InChI is InChI=1S/C11H21NS/c1-12-11(10-7-13-8-10)9-5-3-2-4-6-9/h9-12H,2-8H2,1H3. The SMILES string of the molecule is CNC(C1CCCCC1)C1CSC1. The van der Waals surface area contributed by atoms with Crippen LogP contribution in [-0.4, -0.2) is 24.6 Å². The fourth-order valence-electron chi connectivity index (χ4n) is 2.81. The minimum Gasteiger partial charge on any atom is -0.316 e. The molecule has 2 aliphatic rings. The highest BCUT2D eigenvalue weighted by Gasteiger charge is 2.32. The minimum absolute atomic E-state index is 0.835. The molecule has 0 amide bonds. The van der Waals surface area contributed by atoms with E-state index in [1.54, 1.807) is 0 Å². The van der Waals surface area contributed by atoms with Gasteiger partial charge in [0.25, 0.3) is 0 Å². The van der Waals surface area contributed by atoms with Gasteiger partial charge in [0.05, 0.1) is 0 Å². The second-order valence-electron chi connectivity index (χ2n) is 4.51. The number of rotatable bonds is 3. The predicted octanol–water partition coefficient (Wildman–Crippen LogP) is 2.52. The number of nitrogens with one attached hydrogen (secondary N) is 1.